The van der Waals surface area contributed by atoms with Crippen molar-refractivity contribution in [1.29, 1.82) is 0 Å². The molecule has 140 valence electrons. The quantitative estimate of drug-likeness (QED) is 0.336. The van der Waals surface area contributed by atoms with Gasteiger partial charge in [-0.3, -0.25) is 20.2 Å². The van der Waals surface area contributed by atoms with E-state index in [9.17, 15) is 25.1 Å². The number of nitrogens with zero attached hydrogens (tertiary/aromatic N) is 1. The maximum atomic E-state index is 11.3. The van der Waals surface area contributed by atoms with Crippen LogP contribution in [-0.2, 0) is 9.53 Å². The Morgan fingerprint density at radius 2 is 2.04 bits per heavy atom. The van der Waals surface area contributed by atoms with E-state index in [1.54, 1.807) is 20.8 Å². The van der Waals surface area contributed by atoms with Crippen LogP contribution in [0.25, 0.3) is 0 Å². The van der Waals surface area contributed by atoms with Crippen LogP contribution in [0.4, 0.5) is 5.69 Å². The van der Waals surface area contributed by atoms with Crippen molar-refractivity contribution in [2.75, 3.05) is 13.7 Å². The SMILES string of the molecule is COc1ccc([N+](=O)[O-])c(OC[C@H](NC(O)OC(C)(C)C)C(=O)O)c1. The molecule has 0 saturated carbocycles. The molecular weight excluding hydrogens is 336 g/mol. The number of nitro benzene ring substituents is 1. The van der Waals surface area contributed by atoms with Gasteiger partial charge < -0.3 is 24.4 Å². The van der Waals surface area contributed by atoms with Crippen molar-refractivity contribution in [1.82, 2.24) is 5.32 Å². The van der Waals surface area contributed by atoms with Crippen molar-refractivity contribution in [3.05, 3.63) is 28.3 Å². The second kappa shape index (κ2) is 8.60. The molecule has 0 fully saturated rings. The van der Waals surface area contributed by atoms with Gasteiger partial charge in [-0.05, 0) is 26.8 Å². The van der Waals surface area contributed by atoms with Crippen LogP contribution < -0.4 is 14.8 Å². The Labute approximate surface area is 144 Å². The summed E-state index contributed by atoms with van der Waals surface area (Å²) in [5, 5.41) is 32.3. The molecule has 25 heavy (non-hydrogen) atoms. The zero-order valence-corrected chi connectivity index (χ0v) is 14.4. The Morgan fingerprint density at radius 3 is 2.52 bits per heavy atom. The van der Waals surface area contributed by atoms with Gasteiger partial charge in [0.05, 0.1) is 17.6 Å². The lowest BCUT2D eigenvalue weighted by Crippen LogP contribution is -2.49. The fraction of sp³-hybridized carbons (Fsp3) is 0.533. The molecule has 0 amide bonds. The fourth-order valence-electron chi connectivity index (χ4n) is 1.79. The summed E-state index contributed by atoms with van der Waals surface area (Å²) in [6.45, 7) is 4.57. The highest BCUT2D eigenvalue weighted by Crippen LogP contribution is 2.31. The van der Waals surface area contributed by atoms with Gasteiger partial charge in [0.25, 0.3) is 0 Å². The average Bonchev–Trinajstić information content (AvgIpc) is 2.48. The third-order valence-electron chi connectivity index (χ3n) is 2.88. The van der Waals surface area contributed by atoms with Crippen molar-refractivity contribution in [3.63, 3.8) is 0 Å². The number of hydrogen-bond donors (Lipinski definition) is 3. The summed E-state index contributed by atoms with van der Waals surface area (Å²) < 4.78 is 15.4. The molecule has 0 heterocycles. The van der Waals surface area contributed by atoms with Crippen LogP contribution in [0.2, 0.25) is 0 Å². The van der Waals surface area contributed by atoms with E-state index < -0.39 is 35.6 Å². The molecular formula is C15H22N2O8. The number of ether oxygens (including phenoxy) is 3. The molecule has 0 bridgehead atoms. The van der Waals surface area contributed by atoms with E-state index in [1.807, 2.05) is 0 Å². The Bertz CT molecular complexity index is 614. The molecule has 0 aliphatic heterocycles. The second-order valence-electron chi connectivity index (χ2n) is 6.04. The molecule has 0 aliphatic carbocycles. The van der Waals surface area contributed by atoms with Crippen LogP contribution in [0.15, 0.2) is 18.2 Å². The number of nitro groups is 1. The van der Waals surface area contributed by atoms with Crippen LogP contribution in [0.1, 0.15) is 20.8 Å². The number of carboxylic acids is 1. The molecule has 1 rings (SSSR count). The van der Waals surface area contributed by atoms with Crippen LogP contribution in [0.3, 0.4) is 0 Å². The largest absolute Gasteiger partial charge is 0.497 e. The molecule has 1 aromatic carbocycles. The number of nitrogens with one attached hydrogen (secondary N) is 1. The average molecular weight is 358 g/mol. The van der Waals surface area contributed by atoms with Crippen LogP contribution in [0.5, 0.6) is 11.5 Å². The topological polar surface area (TPSA) is 140 Å². The molecule has 1 unspecified atom stereocenters. The molecule has 10 nitrogen and oxygen atoms in total. The van der Waals surface area contributed by atoms with Gasteiger partial charge >= 0.3 is 11.7 Å². The highest BCUT2D eigenvalue weighted by molar-refractivity contribution is 5.73. The minimum absolute atomic E-state index is 0.149. The smallest absolute Gasteiger partial charge is 0.324 e. The molecule has 0 spiro atoms. The summed E-state index contributed by atoms with van der Waals surface area (Å²) in [6.07, 6.45) is -1.55. The number of rotatable bonds is 9. The van der Waals surface area contributed by atoms with E-state index in [0.29, 0.717) is 5.75 Å². The maximum Gasteiger partial charge on any atom is 0.324 e. The molecule has 0 aromatic heterocycles. The van der Waals surface area contributed by atoms with Crippen molar-refractivity contribution in [3.8, 4) is 11.5 Å². The molecule has 0 radical (unpaired) electrons. The molecule has 10 heteroatoms. The summed E-state index contributed by atoms with van der Waals surface area (Å²) >= 11 is 0. The van der Waals surface area contributed by atoms with Crippen molar-refractivity contribution < 1.29 is 34.1 Å². The number of carboxylic acid groups (broad SMARTS) is 1. The van der Waals surface area contributed by atoms with Gasteiger partial charge in [-0.25, -0.2) is 0 Å². The lowest BCUT2D eigenvalue weighted by atomic mass is 10.2. The first kappa shape index (κ1) is 20.6. The lowest BCUT2D eigenvalue weighted by Gasteiger charge is -2.26. The van der Waals surface area contributed by atoms with Gasteiger partial charge in [-0.1, -0.05) is 0 Å². The third-order valence-corrected chi connectivity index (χ3v) is 2.88. The zero-order valence-electron chi connectivity index (χ0n) is 14.4. The fourth-order valence-corrected chi connectivity index (χ4v) is 1.79. The van der Waals surface area contributed by atoms with E-state index in [4.69, 9.17) is 14.2 Å². The summed E-state index contributed by atoms with van der Waals surface area (Å²) in [5.41, 5.74) is -1.04. The van der Waals surface area contributed by atoms with Crippen molar-refractivity contribution in [2.45, 2.75) is 38.8 Å². The van der Waals surface area contributed by atoms with Crippen LogP contribution in [-0.4, -0.2) is 52.9 Å². The Morgan fingerprint density at radius 1 is 1.40 bits per heavy atom. The minimum Gasteiger partial charge on any atom is -0.497 e. The molecule has 0 saturated heterocycles. The van der Waals surface area contributed by atoms with Gasteiger partial charge in [0.15, 0.2) is 0 Å². The normalized spacial score (nSPS) is 13.8. The Balaban J connectivity index is 2.84. The summed E-state index contributed by atoms with van der Waals surface area (Å²) in [6, 6.07) is 2.50. The summed E-state index contributed by atoms with van der Waals surface area (Å²) in [7, 11) is 1.38. The Hall–Kier alpha value is -2.43. The van der Waals surface area contributed by atoms with E-state index in [-0.39, 0.29) is 11.4 Å². The van der Waals surface area contributed by atoms with Crippen molar-refractivity contribution >= 4 is 11.7 Å². The van der Waals surface area contributed by atoms with Crippen molar-refractivity contribution in [2.24, 2.45) is 0 Å². The number of carbonyl (C=O) groups is 1. The number of benzene rings is 1. The van der Waals surface area contributed by atoms with Gasteiger partial charge in [0.1, 0.15) is 18.4 Å². The number of methoxy groups -OCH3 is 1. The Kier molecular flexibility index (Phi) is 7.09. The van der Waals surface area contributed by atoms with E-state index in [2.05, 4.69) is 5.32 Å². The minimum atomic E-state index is -1.55. The van der Waals surface area contributed by atoms with E-state index in [1.165, 1.54) is 25.3 Å². The number of aliphatic carboxylic acids is 1. The van der Waals surface area contributed by atoms with Gasteiger partial charge in [-0.15, -0.1) is 0 Å². The molecule has 2 atom stereocenters. The highest BCUT2D eigenvalue weighted by Gasteiger charge is 2.26. The van der Waals surface area contributed by atoms with E-state index >= 15 is 0 Å². The number of aliphatic hydroxyl groups is 1. The van der Waals surface area contributed by atoms with Gasteiger partial charge in [-0.2, -0.15) is 0 Å². The summed E-state index contributed by atoms with van der Waals surface area (Å²) in [5.74, 6) is -1.15. The maximum absolute atomic E-state index is 11.3. The number of hydrogen-bond acceptors (Lipinski definition) is 8. The summed E-state index contributed by atoms with van der Waals surface area (Å²) in [4.78, 5) is 21.7. The standard InChI is InChI=1S/C15H22N2O8/c1-15(2,3)25-14(20)16-10(13(18)19)8-24-12-7-9(23-4)5-6-11(12)17(21)22/h5-7,10,14,16,20H,8H2,1-4H3,(H,18,19)/t10-,14?/m0/s1. The third kappa shape index (κ3) is 6.91. The number of aliphatic hydroxyl groups excluding tert-OH is 1. The first-order valence-electron chi connectivity index (χ1n) is 7.33. The highest BCUT2D eigenvalue weighted by atomic mass is 16.6. The predicted octanol–water partition coefficient (Wildman–Crippen LogP) is 1.12. The first-order chi connectivity index (χ1) is 11.5. The molecule has 3 N–H and O–H groups in total. The van der Waals surface area contributed by atoms with Gasteiger partial charge in [0.2, 0.25) is 12.2 Å². The van der Waals surface area contributed by atoms with E-state index in [0.717, 1.165) is 0 Å². The lowest BCUT2D eigenvalue weighted by molar-refractivity contribution is -0.385. The van der Waals surface area contributed by atoms with Gasteiger partial charge in [0, 0.05) is 12.1 Å². The van der Waals surface area contributed by atoms with Crippen LogP contribution in [0, 0.1) is 10.1 Å². The molecule has 1 aromatic rings. The second-order valence-corrected chi connectivity index (χ2v) is 6.04. The first-order valence-corrected chi connectivity index (χ1v) is 7.33. The predicted molar refractivity (Wildman–Crippen MR) is 86.5 cm³/mol. The zero-order chi connectivity index (χ0) is 19.2. The molecule has 0 aliphatic rings. The van der Waals surface area contributed by atoms with Crippen LogP contribution >= 0.6 is 0 Å². The monoisotopic (exact) mass is 358 g/mol.